The average molecular weight is 319 g/mol. The minimum absolute atomic E-state index is 0.00184. The van der Waals surface area contributed by atoms with Gasteiger partial charge < -0.3 is 0 Å². The lowest BCUT2D eigenvalue weighted by Crippen LogP contribution is -2.43. The van der Waals surface area contributed by atoms with Crippen LogP contribution in [0.25, 0.3) is 0 Å². The van der Waals surface area contributed by atoms with Crippen molar-refractivity contribution >= 4 is 17.5 Å². The smallest absolute Gasteiger partial charge is 0.234 e. The van der Waals surface area contributed by atoms with Crippen molar-refractivity contribution in [2.45, 2.75) is 44.4 Å². The Balaban J connectivity index is 1.65. The molecule has 2 aliphatic rings. The maximum Gasteiger partial charge on any atom is 0.234 e. The number of rotatable bonds is 2. The quantitative estimate of drug-likeness (QED) is 0.785. The summed E-state index contributed by atoms with van der Waals surface area (Å²) in [6.45, 7) is 0. The van der Waals surface area contributed by atoms with Gasteiger partial charge in [0.05, 0.1) is 5.69 Å². The fraction of sp³-hybridized carbons (Fsp3) is 0.333. The molecule has 0 atom stereocenters. The average Bonchev–Trinajstić information content (AvgIpc) is 2.62. The van der Waals surface area contributed by atoms with Gasteiger partial charge in [0.25, 0.3) is 0 Å². The Morgan fingerprint density at radius 2 is 1.50 bits per heavy atom. The van der Waals surface area contributed by atoms with Crippen LogP contribution in [0.1, 0.15) is 48.3 Å². The van der Waals surface area contributed by atoms with Gasteiger partial charge in [-0.1, -0.05) is 42.5 Å². The molecule has 0 aromatic heterocycles. The van der Waals surface area contributed by atoms with Gasteiger partial charge in [-0.2, -0.15) is 0 Å². The van der Waals surface area contributed by atoms with E-state index in [1.807, 2.05) is 42.5 Å². The van der Waals surface area contributed by atoms with E-state index in [2.05, 4.69) is 6.07 Å². The van der Waals surface area contributed by atoms with Crippen molar-refractivity contribution in [2.24, 2.45) is 0 Å². The Morgan fingerprint density at radius 1 is 0.792 bits per heavy atom. The van der Waals surface area contributed by atoms with Crippen LogP contribution in [-0.4, -0.2) is 11.8 Å². The number of carbonyl (C=O) groups is 2. The molecular weight excluding hydrogens is 298 g/mol. The molecule has 122 valence electrons. The van der Waals surface area contributed by atoms with E-state index in [9.17, 15) is 9.59 Å². The lowest BCUT2D eigenvalue weighted by atomic mass is 9.86. The predicted molar refractivity (Wildman–Crippen MR) is 94.0 cm³/mol. The number of hydrogen-bond donors (Lipinski definition) is 0. The number of piperidine rings is 1. The molecule has 2 aromatic rings. The Labute approximate surface area is 142 Å². The van der Waals surface area contributed by atoms with Crippen LogP contribution in [0.2, 0.25) is 0 Å². The van der Waals surface area contributed by atoms with Gasteiger partial charge in [-0.05, 0) is 48.4 Å². The van der Waals surface area contributed by atoms with Crippen molar-refractivity contribution in [2.75, 3.05) is 4.90 Å². The van der Waals surface area contributed by atoms with Crippen molar-refractivity contribution in [3.8, 4) is 0 Å². The maximum atomic E-state index is 12.8. The van der Waals surface area contributed by atoms with E-state index in [1.54, 1.807) is 0 Å². The molecule has 1 fully saturated rings. The number of aryl methyl sites for hydroxylation is 1. The number of imide groups is 1. The zero-order valence-electron chi connectivity index (χ0n) is 13.7. The Kier molecular flexibility index (Phi) is 3.93. The summed E-state index contributed by atoms with van der Waals surface area (Å²) in [6, 6.07) is 15.9. The number of amides is 2. The summed E-state index contributed by atoms with van der Waals surface area (Å²) in [7, 11) is 0. The van der Waals surface area contributed by atoms with Crippen molar-refractivity contribution in [3.05, 3.63) is 65.2 Å². The molecule has 2 aromatic carbocycles. The van der Waals surface area contributed by atoms with Crippen LogP contribution >= 0.6 is 0 Å². The van der Waals surface area contributed by atoms with Gasteiger partial charge in [-0.3, -0.25) is 14.5 Å². The molecule has 0 spiro atoms. The van der Waals surface area contributed by atoms with Crippen LogP contribution in [0.5, 0.6) is 0 Å². The van der Waals surface area contributed by atoms with Crippen molar-refractivity contribution < 1.29 is 9.59 Å². The Morgan fingerprint density at radius 3 is 2.25 bits per heavy atom. The first-order valence-electron chi connectivity index (χ1n) is 8.75. The predicted octanol–water partition coefficient (Wildman–Crippen LogP) is 4.00. The SMILES string of the molecule is O=C1CC(c2ccccc2)CC(=O)N1c1cccc2c1CCCC2. The van der Waals surface area contributed by atoms with Gasteiger partial charge in [0, 0.05) is 18.8 Å². The van der Waals surface area contributed by atoms with Crippen LogP contribution in [-0.2, 0) is 22.4 Å². The van der Waals surface area contributed by atoms with Gasteiger partial charge >= 0.3 is 0 Å². The molecule has 0 unspecified atom stereocenters. The second-order valence-corrected chi connectivity index (χ2v) is 6.76. The third-order valence-electron chi connectivity index (χ3n) is 5.22. The summed E-state index contributed by atoms with van der Waals surface area (Å²) in [5.74, 6) is -0.139. The van der Waals surface area contributed by atoms with E-state index in [0.717, 1.165) is 30.5 Å². The summed E-state index contributed by atoms with van der Waals surface area (Å²) < 4.78 is 0. The highest BCUT2D eigenvalue weighted by molar-refractivity contribution is 6.17. The molecule has 1 aliphatic carbocycles. The minimum atomic E-state index is -0.0703. The van der Waals surface area contributed by atoms with Crippen molar-refractivity contribution in [1.29, 1.82) is 0 Å². The minimum Gasteiger partial charge on any atom is -0.274 e. The van der Waals surface area contributed by atoms with E-state index >= 15 is 0 Å². The molecule has 1 saturated heterocycles. The van der Waals surface area contributed by atoms with E-state index in [4.69, 9.17) is 0 Å². The van der Waals surface area contributed by atoms with Crippen LogP contribution < -0.4 is 4.90 Å². The zero-order chi connectivity index (χ0) is 16.5. The lowest BCUT2D eigenvalue weighted by Gasteiger charge is -2.32. The molecule has 0 bridgehead atoms. The van der Waals surface area contributed by atoms with Crippen molar-refractivity contribution in [3.63, 3.8) is 0 Å². The van der Waals surface area contributed by atoms with Gasteiger partial charge in [-0.25, -0.2) is 0 Å². The first-order valence-corrected chi connectivity index (χ1v) is 8.75. The third kappa shape index (κ3) is 2.64. The fourth-order valence-electron chi connectivity index (χ4n) is 4.02. The molecule has 0 N–H and O–H groups in total. The molecule has 3 heteroatoms. The standard InChI is InChI=1S/C21H21NO2/c23-20-13-17(15-7-2-1-3-8-15)14-21(24)22(20)19-12-6-10-16-9-4-5-11-18(16)19/h1-3,6-8,10,12,17H,4-5,9,11,13-14H2. The molecule has 0 saturated carbocycles. The van der Waals surface area contributed by atoms with Gasteiger partial charge in [-0.15, -0.1) is 0 Å². The normalized spacial score (nSPS) is 18.6. The first-order chi connectivity index (χ1) is 11.7. The number of hydrogen-bond acceptors (Lipinski definition) is 2. The molecular formula is C21H21NO2. The summed E-state index contributed by atoms with van der Waals surface area (Å²) in [4.78, 5) is 27.0. The van der Waals surface area contributed by atoms with Gasteiger partial charge in [0.15, 0.2) is 0 Å². The van der Waals surface area contributed by atoms with Crippen LogP contribution in [0, 0.1) is 0 Å². The van der Waals surface area contributed by atoms with Gasteiger partial charge in [0.2, 0.25) is 11.8 Å². The monoisotopic (exact) mass is 319 g/mol. The number of benzene rings is 2. The molecule has 2 amide bonds. The molecule has 4 rings (SSSR count). The number of fused-ring (bicyclic) bond motifs is 1. The Bertz CT molecular complexity index is 764. The summed E-state index contributed by atoms with van der Waals surface area (Å²) in [6.07, 6.45) is 5.14. The lowest BCUT2D eigenvalue weighted by molar-refractivity contribution is -0.129. The zero-order valence-corrected chi connectivity index (χ0v) is 13.7. The van der Waals surface area contributed by atoms with E-state index in [-0.39, 0.29) is 17.7 Å². The topological polar surface area (TPSA) is 37.4 Å². The van der Waals surface area contributed by atoms with E-state index in [1.165, 1.54) is 22.4 Å². The van der Waals surface area contributed by atoms with Crippen LogP contribution in [0.4, 0.5) is 5.69 Å². The highest BCUT2D eigenvalue weighted by atomic mass is 16.2. The highest BCUT2D eigenvalue weighted by Gasteiger charge is 2.35. The highest BCUT2D eigenvalue weighted by Crippen LogP contribution is 2.36. The molecule has 24 heavy (non-hydrogen) atoms. The third-order valence-corrected chi connectivity index (χ3v) is 5.22. The second kappa shape index (κ2) is 6.23. The van der Waals surface area contributed by atoms with E-state index < -0.39 is 0 Å². The summed E-state index contributed by atoms with van der Waals surface area (Å²) >= 11 is 0. The molecule has 0 radical (unpaired) electrons. The number of carbonyl (C=O) groups excluding carboxylic acids is 2. The molecule has 3 nitrogen and oxygen atoms in total. The van der Waals surface area contributed by atoms with E-state index in [0.29, 0.717) is 12.8 Å². The Hall–Kier alpha value is -2.42. The maximum absolute atomic E-state index is 12.8. The summed E-state index contributed by atoms with van der Waals surface area (Å²) in [5, 5.41) is 0. The van der Waals surface area contributed by atoms with Crippen LogP contribution in [0.3, 0.4) is 0 Å². The number of nitrogens with zero attached hydrogens (tertiary/aromatic N) is 1. The summed E-state index contributed by atoms with van der Waals surface area (Å²) in [5.41, 5.74) is 4.40. The number of anilines is 1. The largest absolute Gasteiger partial charge is 0.274 e. The first kappa shape index (κ1) is 15.1. The second-order valence-electron chi connectivity index (χ2n) is 6.76. The van der Waals surface area contributed by atoms with Crippen molar-refractivity contribution in [1.82, 2.24) is 0 Å². The fourth-order valence-corrected chi connectivity index (χ4v) is 4.02. The molecule has 1 heterocycles. The van der Waals surface area contributed by atoms with Gasteiger partial charge in [0.1, 0.15) is 0 Å². The molecule has 1 aliphatic heterocycles. The van der Waals surface area contributed by atoms with Crippen LogP contribution in [0.15, 0.2) is 48.5 Å².